The van der Waals surface area contributed by atoms with Gasteiger partial charge in [0.2, 0.25) is 5.91 Å². The Morgan fingerprint density at radius 3 is 2.58 bits per heavy atom. The number of carbonyl (C=O) groups is 2. The summed E-state index contributed by atoms with van der Waals surface area (Å²) in [6, 6.07) is 14.2. The van der Waals surface area contributed by atoms with Crippen molar-refractivity contribution in [3.63, 3.8) is 0 Å². The van der Waals surface area contributed by atoms with Crippen molar-refractivity contribution in [1.29, 1.82) is 0 Å². The number of nitrogens with zero attached hydrogens (tertiary/aromatic N) is 2. The fourth-order valence-corrected chi connectivity index (χ4v) is 4.96. The number of unbranched alkanes of at least 4 members (excludes halogenated alkanes) is 3. The third-order valence-corrected chi connectivity index (χ3v) is 7.07. The van der Waals surface area contributed by atoms with Crippen LogP contribution in [0.2, 0.25) is 0 Å². The first kappa shape index (κ1) is 26.2. The molecule has 194 valence electrons. The number of hydrogen-bond acceptors (Lipinski definition) is 5. The average Bonchev–Trinajstić information content (AvgIpc) is 2.91. The zero-order valence-corrected chi connectivity index (χ0v) is 21.6. The molecule has 0 aliphatic carbocycles. The van der Waals surface area contributed by atoms with E-state index in [-0.39, 0.29) is 11.8 Å². The lowest BCUT2D eigenvalue weighted by Crippen LogP contribution is -2.41. The first-order chi connectivity index (χ1) is 17.6. The Hall–Kier alpha value is -2.90. The molecule has 7 nitrogen and oxygen atoms in total. The van der Waals surface area contributed by atoms with Crippen LogP contribution in [0.25, 0.3) is 0 Å². The highest BCUT2D eigenvalue weighted by Gasteiger charge is 2.22. The Morgan fingerprint density at radius 2 is 1.78 bits per heavy atom. The highest BCUT2D eigenvalue weighted by molar-refractivity contribution is 6.02. The monoisotopic (exact) mass is 492 g/mol. The van der Waals surface area contributed by atoms with Crippen LogP contribution >= 0.6 is 0 Å². The van der Waals surface area contributed by atoms with Gasteiger partial charge in [0, 0.05) is 57.1 Å². The molecular weight excluding hydrogens is 452 g/mol. The van der Waals surface area contributed by atoms with Crippen molar-refractivity contribution in [3.05, 3.63) is 59.2 Å². The van der Waals surface area contributed by atoms with Gasteiger partial charge in [-0.15, -0.1) is 0 Å². The molecule has 7 heteroatoms. The van der Waals surface area contributed by atoms with Crippen molar-refractivity contribution in [1.82, 2.24) is 10.2 Å². The van der Waals surface area contributed by atoms with Gasteiger partial charge in [0.05, 0.1) is 18.8 Å². The van der Waals surface area contributed by atoms with Crippen molar-refractivity contribution >= 4 is 23.2 Å². The molecule has 0 aromatic heterocycles. The minimum atomic E-state index is -0.101. The average molecular weight is 493 g/mol. The van der Waals surface area contributed by atoms with Crippen LogP contribution in [0.15, 0.2) is 42.5 Å². The van der Waals surface area contributed by atoms with Crippen LogP contribution in [0.5, 0.6) is 0 Å². The van der Waals surface area contributed by atoms with E-state index in [0.717, 1.165) is 83.7 Å². The van der Waals surface area contributed by atoms with E-state index >= 15 is 0 Å². The zero-order chi connectivity index (χ0) is 25.2. The number of benzene rings is 2. The van der Waals surface area contributed by atoms with Gasteiger partial charge in [-0.3, -0.25) is 14.5 Å². The van der Waals surface area contributed by atoms with Crippen LogP contribution in [-0.2, 0) is 22.5 Å². The number of anilines is 2. The Morgan fingerprint density at radius 1 is 0.972 bits per heavy atom. The Kier molecular flexibility index (Phi) is 9.76. The van der Waals surface area contributed by atoms with E-state index in [9.17, 15) is 9.59 Å². The van der Waals surface area contributed by atoms with Gasteiger partial charge in [0.15, 0.2) is 0 Å². The Bertz CT molecular complexity index is 1020. The molecule has 2 aliphatic rings. The summed E-state index contributed by atoms with van der Waals surface area (Å²) in [7, 11) is 0. The van der Waals surface area contributed by atoms with E-state index < -0.39 is 0 Å². The summed E-state index contributed by atoms with van der Waals surface area (Å²) in [6.07, 6.45) is 5.70. The molecule has 0 unspecified atom stereocenters. The van der Waals surface area contributed by atoms with E-state index in [2.05, 4.69) is 51.6 Å². The predicted molar refractivity (Wildman–Crippen MR) is 145 cm³/mol. The van der Waals surface area contributed by atoms with Crippen LogP contribution in [0.4, 0.5) is 11.4 Å². The largest absolute Gasteiger partial charge is 0.379 e. The highest BCUT2D eigenvalue weighted by atomic mass is 16.5. The molecule has 4 rings (SSSR count). The van der Waals surface area contributed by atoms with E-state index in [4.69, 9.17) is 4.74 Å². The number of fused-ring (bicyclic) bond motifs is 1. The molecule has 36 heavy (non-hydrogen) atoms. The smallest absolute Gasteiger partial charge is 0.253 e. The van der Waals surface area contributed by atoms with Gasteiger partial charge >= 0.3 is 0 Å². The number of ether oxygens (including phenoxy) is 1. The molecular formula is C29H40N4O3. The third kappa shape index (κ3) is 7.31. The van der Waals surface area contributed by atoms with Gasteiger partial charge in [0.25, 0.3) is 5.91 Å². The van der Waals surface area contributed by atoms with Gasteiger partial charge in [-0.05, 0) is 42.2 Å². The van der Waals surface area contributed by atoms with Crippen LogP contribution < -0.4 is 15.5 Å². The first-order valence-electron chi connectivity index (χ1n) is 13.5. The summed E-state index contributed by atoms with van der Waals surface area (Å²) < 4.78 is 5.42. The standard InChI is InChI=1S/C29H40N4O3/c1-2-3-4-5-10-28(34)31-25-11-12-27(33-15-13-23-8-6-7-9-24(23)22-33)26(21-25)29(35)30-14-16-32-17-19-36-20-18-32/h6-9,11-12,21H,2-5,10,13-20,22H2,1H3,(H,30,35)(H,31,34). The van der Waals surface area contributed by atoms with E-state index in [0.29, 0.717) is 24.2 Å². The Balaban J connectivity index is 1.46. The van der Waals surface area contributed by atoms with Crippen LogP contribution in [0.1, 0.15) is 60.5 Å². The Labute approximate surface area is 215 Å². The number of hydrogen-bond donors (Lipinski definition) is 2. The lowest BCUT2D eigenvalue weighted by molar-refractivity contribution is -0.116. The second kappa shape index (κ2) is 13.4. The fourth-order valence-electron chi connectivity index (χ4n) is 4.96. The second-order valence-corrected chi connectivity index (χ2v) is 9.74. The molecule has 2 heterocycles. The summed E-state index contributed by atoms with van der Waals surface area (Å²) in [5.41, 5.74) is 4.87. The summed E-state index contributed by atoms with van der Waals surface area (Å²) in [5, 5.41) is 6.12. The van der Waals surface area contributed by atoms with Gasteiger partial charge in [-0.2, -0.15) is 0 Å². The van der Waals surface area contributed by atoms with Gasteiger partial charge in [-0.1, -0.05) is 50.5 Å². The van der Waals surface area contributed by atoms with Crippen LogP contribution in [0, 0.1) is 0 Å². The molecule has 0 atom stereocenters. The molecule has 1 saturated heterocycles. The summed E-state index contributed by atoms with van der Waals surface area (Å²) in [5.74, 6) is -0.0967. The summed E-state index contributed by atoms with van der Waals surface area (Å²) in [4.78, 5) is 30.5. The summed E-state index contributed by atoms with van der Waals surface area (Å²) in [6.45, 7) is 8.45. The van der Waals surface area contributed by atoms with Crippen molar-refractivity contribution in [3.8, 4) is 0 Å². The van der Waals surface area contributed by atoms with Gasteiger partial charge in [-0.25, -0.2) is 0 Å². The molecule has 2 aromatic carbocycles. The van der Waals surface area contributed by atoms with Crippen LogP contribution in [-0.4, -0.2) is 62.7 Å². The summed E-state index contributed by atoms with van der Waals surface area (Å²) >= 11 is 0. The molecule has 2 aromatic rings. The van der Waals surface area contributed by atoms with Gasteiger partial charge < -0.3 is 20.3 Å². The highest BCUT2D eigenvalue weighted by Crippen LogP contribution is 2.29. The maximum Gasteiger partial charge on any atom is 0.253 e. The molecule has 1 fully saturated rings. The molecule has 2 amide bonds. The van der Waals surface area contributed by atoms with Crippen molar-refractivity contribution in [2.24, 2.45) is 0 Å². The minimum Gasteiger partial charge on any atom is -0.379 e. The van der Waals surface area contributed by atoms with Crippen molar-refractivity contribution < 1.29 is 14.3 Å². The number of morpholine rings is 1. The van der Waals surface area contributed by atoms with Gasteiger partial charge in [0.1, 0.15) is 0 Å². The molecule has 0 spiro atoms. The van der Waals surface area contributed by atoms with E-state index in [1.807, 2.05) is 18.2 Å². The van der Waals surface area contributed by atoms with E-state index in [1.54, 1.807) is 0 Å². The SMILES string of the molecule is CCCCCCC(=O)Nc1ccc(N2CCc3ccccc3C2)c(C(=O)NCCN2CCOCC2)c1. The number of amides is 2. The lowest BCUT2D eigenvalue weighted by Gasteiger charge is -2.32. The lowest BCUT2D eigenvalue weighted by atomic mass is 9.98. The van der Waals surface area contributed by atoms with Crippen molar-refractivity contribution in [2.75, 3.05) is 56.2 Å². The quantitative estimate of drug-likeness (QED) is 0.460. The van der Waals surface area contributed by atoms with E-state index in [1.165, 1.54) is 11.1 Å². The first-order valence-corrected chi connectivity index (χ1v) is 13.5. The molecule has 0 bridgehead atoms. The topological polar surface area (TPSA) is 73.9 Å². The molecule has 0 radical (unpaired) electrons. The fraction of sp³-hybridized carbons (Fsp3) is 0.517. The zero-order valence-electron chi connectivity index (χ0n) is 21.6. The maximum atomic E-state index is 13.4. The number of carbonyl (C=O) groups excluding carboxylic acids is 2. The van der Waals surface area contributed by atoms with Crippen LogP contribution in [0.3, 0.4) is 0 Å². The number of rotatable bonds is 11. The molecule has 0 saturated carbocycles. The molecule has 2 N–H and O–H groups in total. The minimum absolute atomic E-state index is 0.00410. The maximum absolute atomic E-state index is 13.4. The second-order valence-electron chi connectivity index (χ2n) is 9.74. The normalized spacial score (nSPS) is 15.9. The third-order valence-electron chi connectivity index (χ3n) is 7.07. The number of nitrogens with one attached hydrogen (secondary N) is 2. The molecule has 2 aliphatic heterocycles. The predicted octanol–water partition coefficient (Wildman–Crippen LogP) is 4.22. The van der Waals surface area contributed by atoms with Crippen molar-refractivity contribution in [2.45, 2.75) is 52.0 Å².